The lowest BCUT2D eigenvalue weighted by molar-refractivity contribution is -0.384. The van der Waals surface area contributed by atoms with E-state index in [1.54, 1.807) is 12.1 Å². The number of anilines is 1. The summed E-state index contributed by atoms with van der Waals surface area (Å²) in [5.41, 5.74) is 2.00. The molecule has 9 heteroatoms. The first-order chi connectivity index (χ1) is 15.7. The zero-order chi connectivity index (χ0) is 21.9. The van der Waals surface area contributed by atoms with Gasteiger partial charge in [-0.1, -0.05) is 30.3 Å². The highest BCUT2D eigenvalue weighted by molar-refractivity contribution is 6.11. The molecule has 32 heavy (non-hydrogen) atoms. The third-order valence-electron chi connectivity index (χ3n) is 6.22. The van der Waals surface area contributed by atoms with E-state index in [1.807, 2.05) is 30.3 Å². The van der Waals surface area contributed by atoms with E-state index in [9.17, 15) is 10.1 Å². The lowest BCUT2D eigenvalue weighted by Gasteiger charge is -2.43. The lowest BCUT2D eigenvalue weighted by atomic mass is 10.1. The summed E-state index contributed by atoms with van der Waals surface area (Å²) in [5.74, 6) is 0.882. The molecule has 2 aromatic rings. The molecule has 0 unspecified atom stereocenters. The molecule has 0 bridgehead atoms. The molecule has 2 atom stereocenters. The maximum Gasteiger partial charge on any atom is 0.269 e. The van der Waals surface area contributed by atoms with Gasteiger partial charge in [0, 0.05) is 49.6 Å². The van der Waals surface area contributed by atoms with Gasteiger partial charge in [0.25, 0.3) is 5.69 Å². The van der Waals surface area contributed by atoms with Crippen LogP contribution in [0.3, 0.4) is 0 Å². The molecule has 3 heterocycles. The van der Waals surface area contributed by atoms with Crippen molar-refractivity contribution in [2.24, 2.45) is 4.99 Å². The normalized spacial score (nSPS) is 25.0. The van der Waals surface area contributed by atoms with E-state index in [0.717, 1.165) is 43.3 Å². The highest BCUT2D eigenvalue weighted by Crippen LogP contribution is 2.33. The van der Waals surface area contributed by atoms with Crippen LogP contribution < -0.4 is 4.90 Å². The van der Waals surface area contributed by atoms with Crippen LogP contribution in [0.4, 0.5) is 11.4 Å². The lowest BCUT2D eigenvalue weighted by Crippen LogP contribution is -2.60. The first-order valence-electron chi connectivity index (χ1n) is 11.0. The van der Waals surface area contributed by atoms with Crippen molar-refractivity contribution in [1.82, 2.24) is 9.80 Å². The van der Waals surface area contributed by atoms with Crippen molar-refractivity contribution in [2.45, 2.75) is 12.3 Å². The number of benzene rings is 2. The number of hydrogen-bond acceptors (Lipinski definition) is 8. The van der Waals surface area contributed by atoms with Gasteiger partial charge < -0.3 is 14.4 Å². The predicted octanol–water partition coefficient (Wildman–Crippen LogP) is 2.18. The van der Waals surface area contributed by atoms with Gasteiger partial charge >= 0.3 is 0 Å². The van der Waals surface area contributed by atoms with Gasteiger partial charge in [0.1, 0.15) is 18.2 Å². The maximum absolute atomic E-state index is 11.2. The number of hydrogen-bond donors (Lipinski definition) is 0. The number of nitrogens with zero attached hydrogens (tertiary/aromatic N) is 5. The van der Waals surface area contributed by atoms with E-state index in [1.165, 1.54) is 0 Å². The van der Waals surface area contributed by atoms with Gasteiger partial charge in [-0.2, -0.15) is 0 Å². The Bertz CT molecular complexity index is 956. The summed E-state index contributed by atoms with van der Waals surface area (Å²) in [6.45, 7) is 6.03. The fraction of sp³-hybridized carbons (Fsp3) is 0.435. The Morgan fingerprint density at radius 1 is 0.844 bits per heavy atom. The van der Waals surface area contributed by atoms with Crippen molar-refractivity contribution in [3.63, 3.8) is 0 Å². The molecule has 168 valence electrons. The number of rotatable bonds is 5. The zero-order valence-electron chi connectivity index (χ0n) is 17.9. The summed E-state index contributed by atoms with van der Waals surface area (Å²) in [4.78, 5) is 23.2. The Morgan fingerprint density at radius 3 is 2.03 bits per heavy atom. The summed E-state index contributed by atoms with van der Waals surface area (Å²) < 4.78 is 11.2. The molecule has 0 aliphatic carbocycles. The minimum atomic E-state index is -0.365. The Balaban J connectivity index is 1.59. The Labute approximate surface area is 187 Å². The summed E-state index contributed by atoms with van der Waals surface area (Å²) in [5, 5.41) is 11.2. The number of amidine groups is 1. The van der Waals surface area contributed by atoms with E-state index in [0.29, 0.717) is 26.4 Å². The fourth-order valence-corrected chi connectivity index (χ4v) is 4.63. The number of morpholine rings is 2. The minimum absolute atomic E-state index is 0.0336. The largest absolute Gasteiger partial charge is 0.379 e. The minimum Gasteiger partial charge on any atom is -0.379 e. The topological polar surface area (TPSA) is 83.7 Å². The quantitative estimate of drug-likeness (QED) is 0.524. The first kappa shape index (κ1) is 21.0. The second kappa shape index (κ2) is 9.33. The zero-order valence-corrected chi connectivity index (χ0v) is 17.9. The Kier molecular flexibility index (Phi) is 6.13. The van der Waals surface area contributed by atoms with Crippen molar-refractivity contribution in [3.05, 3.63) is 70.3 Å². The van der Waals surface area contributed by atoms with Gasteiger partial charge in [-0.25, -0.2) is 4.99 Å². The molecular weight excluding hydrogens is 410 g/mol. The molecule has 0 N–H and O–H groups in total. The fourth-order valence-electron chi connectivity index (χ4n) is 4.63. The third kappa shape index (κ3) is 4.12. The number of nitro benzene ring substituents is 1. The highest BCUT2D eigenvalue weighted by atomic mass is 16.6. The van der Waals surface area contributed by atoms with E-state index in [-0.39, 0.29) is 22.9 Å². The molecule has 0 spiro atoms. The standard InChI is InChI=1S/C23H27N5O4/c29-28(30)20-8-6-19(7-9-20)27-21(18-4-2-1-3-5-18)24-22(25-10-14-31-15-11-25)23(27)26-12-16-32-17-13-26/h1-9,22-23H,10-17H2/t22-,23-/m1/s1. The van der Waals surface area contributed by atoms with Crippen LogP contribution >= 0.6 is 0 Å². The van der Waals surface area contributed by atoms with Gasteiger partial charge in [-0.05, 0) is 12.1 Å². The van der Waals surface area contributed by atoms with Gasteiger partial charge in [-0.15, -0.1) is 0 Å². The number of nitro groups is 1. The van der Waals surface area contributed by atoms with Crippen molar-refractivity contribution in [1.29, 1.82) is 0 Å². The van der Waals surface area contributed by atoms with Gasteiger partial charge in [-0.3, -0.25) is 19.9 Å². The van der Waals surface area contributed by atoms with E-state index >= 15 is 0 Å². The molecule has 2 fully saturated rings. The van der Waals surface area contributed by atoms with Crippen molar-refractivity contribution in [2.75, 3.05) is 57.5 Å². The molecular formula is C23H27N5O4. The van der Waals surface area contributed by atoms with Crippen molar-refractivity contribution in [3.8, 4) is 0 Å². The van der Waals surface area contributed by atoms with Crippen LogP contribution in [0, 0.1) is 10.1 Å². The average Bonchev–Trinajstić information content (AvgIpc) is 3.26. The maximum atomic E-state index is 11.2. The molecule has 9 nitrogen and oxygen atoms in total. The molecule has 2 aromatic carbocycles. The second-order valence-corrected chi connectivity index (χ2v) is 8.09. The third-order valence-corrected chi connectivity index (χ3v) is 6.22. The highest BCUT2D eigenvalue weighted by Gasteiger charge is 2.44. The molecule has 0 radical (unpaired) electrons. The van der Waals surface area contributed by atoms with Gasteiger partial charge in [0.05, 0.1) is 31.4 Å². The smallest absolute Gasteiger partial charge is 0.269 e. The summed E-state index contributed by atoms with van der Waals surface area (Å²) in [6, 6.07) is 16.9. The second-order valence-electron chi connectivity index (χ2n) is 8.09. The van der Waals surface area contributed by atoms with Crippen LogP contribution in [0.15, 0.2) is 59.6 Å². The van der Waals surface area contributed by atoms with Gasteiger partial charge in [0.2, 0.25) is 0 Å². The molecule has 2 saturated heterocycles. The summed E-state index contributed by atoms with van der Waals surface area (Å²) in [6.07, 6.45) is -0.101. The number of non-ortho nitro benzene ring substituents is 1. The molecule has 0 amide bonds. The molecule has 0 aromatic heterocycles. The monoisotopic (exact) mass is 437 g/mol. The van der Waals surface area contributed by atoms with Crippen LogP contribution in [-0.2, 0) is 9.47 Å². The van der Waals surface area contributed by atoms with Crippen LogP contribution in [0.2, 0.25) is 0 Å². The predicted molar refractivity (Wildman–Crippen MR) is 121 cm³/mol. The number of aliphatic imine (C=N–C) groups is 1. The van der Waals surface area contributed by atoms with E-state index < -0.39 is 0 Å². The average molecular weight is 438 g/mol. The summed E-state index contributed by atoms with van der Waals surface area (Å²) >= 11 is 0. The van der Waals surface area contributed by atoms with E-state index in [2.05, 4.69) is 26.8 Å². The molecule has 5 rings (SSSR count). The van der Waals surface area contributed by atoms with Crippen LogP contribution in [0.1, 0.15) is 5.56 Å². The molecule has 3 aliphatic rings. The van der Waals surface area contributed by atoms with Crippen molar-refractivity contribution >= 4 is 17.2 Å². The van der Waals surface area contributed by atoms with Gasteiger partial charge in [0.15, 0.2) is 0 Å². The first-order valence-corrected chi connectivity index (χ1v) is 11.0. The van der Waals surface area contributed by atoms with Crippen LogP contribution in [0.25, 0.3) is 0 Å². The SMILES string of the molecule is O=[N+]([O-])c1ccc(N2C(c3ccccc3)=N[C@H](N3CCOCC3)[C@@H]2N2CCOCC2)cc1. The van der Waals surface area contributed by atoms with E-state index in [4.69, 9.17) is 14.5 Å². The van der Waals surface area contributed by atoms with Crippen LogP contribution in [-0.4, -0.2) is 85.5 Å². The number of ether oxygens (including phenoxy) is 2. The summed E-state index contributed by atoms with van der Waals surface area (Å²) in [7, 11) is 0. The van der Waals surface area contributed by atoms with Crippen molar-refractivity contribution < 1.29 is 14.4 Å². The Hall–Kier alpha value is -2.85. The molecule has 0 saturated carbocycles. The Morgan fingerprint density at radius 2 is 1.44 bits per heavy atom. The van der Waals surface area contributed by atoms with Crippen LogP contribution in [0.5, 0.6) is 0 Å². The molecule has 3 aliphatic heterocycles.